The van der Waals surface area contributed by atoms with Crippen LogP contribution in [-0.2, 0) is 11.2 Å². The first kappa shape index (κ1) is 21.2. The Kier molecular flexibility index (Phi) is 7.18. The third kappa shape index (κ3) is 5.53. The van der Waals surface area contributed by atoms with E-state index in [1.54, 1.807) is 12.1 Å². The lowest BCUT2D eigenvalue weighted by Crippen LogP contribution is -2.35. The van der Waals surface area contributed by atoms with Crippen LogP contribution >= 0.6 is 23.2 Å². The quantitative estimate of drug-likeness (QED) is 0.487. The molecular formula is C24H23Cl2NO2. The number of phenolic OH excluding ortho intramolecular Hbond substituents is 1. The molecular weight excluding hydrogens is 405 g/mol. The van der Waals surface area contributed by atoms with Crippen molar-refractivity contribution in [3.05, 3.63) is 99.5 Å². The van der Waals surface area contributed by atoms with Crippen molar-refractivity contribution in [2.45, 2.75) is 31.7 Å². The average Bonchev–Trinajstić information content (AvgIpc) is 2.72. The molecule has 3 aromatic carbocycles. The Balaban J connectivity index is 1.79. The van der Waals surface area contributed by atoms with Gasteiger partial charge in [0.1, 0.15) is 10.8 Å². The van der Waals surface area contributed by atoms with Gasteiger partial charge in [-0.1, -0.05) is 89.9 Å². The minimum Gasteiger partial charge on any atom is -0.506 e. The maximum absolute atomic E-state index is 12.8. The zero-order chi connectivity index (χ0) is 20.8. The van der Waals surface area contributed by atoms with Crippen molar-refractivity contribution in [3.63, 3.8) is 0 Å². The van der Waals surface area contributed by atoms with Gasteiger partial charge < -0.3 is 10.4 Å². The van der Waals surface area contributed by atoms with Crippen molar-refractivity contribution in [2.24, 2.45) is 0 Å². The van der Waals surface area contributed by atoms with Crippen LogP contribution in [0.2, 0.25) is 10.0 Å². The van der Waals surface area contributed by atoms with Crippen LogP contribution in [0.1, 0.15) is 36.0 Å². The number of amides is 1. The number of carbonyl (C=O) groups excluding carboxylic acids is 1. The lowest BCUT2D eigenvalue weighted by Gasteiger charge is -2.21. The lowest BCUT2D eigenvalue weighted by molar-refractivity contribution is -0.121. The topological polar surface area (TPSA) is 49.3 Å². The first-order valence-corrected chi connectivity index (χ1v) is 10.3. The highest BCUT2D eigenvalue weighted by Gasteiger charge is 2.24. The van der Waals surface area contributed by atoms with Crippen molar-refractivity contribution >= 4 is 29.1 Å². The van der Waals surface area contributed by atoms with Crippen LogP contribution in [0, 0.1) is 0 Å². The summed E-state index contributed by atoms with van der Waals surface area (Å²) in [7, 11) is 0. The van der Waals surface area contributed by atoms with Crippen molar-refractivity contribution in [1.29, 1.82) is 0 Å². The Labute approximate surface area is 181 Å². The first-order chi connectivity index (χ1) is 14.0. The second kappa shape index (κ2) is 9.82. The Morgan fingerprint density at radius 3 is 2.24 bits per heavy atom. The third-order valence-corrected chi connectivity index (χ3v) is 5.65. The predicted molar refractivity (Wildman–Crippen MR) is 119 cm³/mol. The molecule has 3 rings (SSSR count). The van der Waals surface area contributed by atoms with E-state index in [1.165, 1.54) is 5.56 Å². The van der Waals surface area contributed by atoms with E-state index < -0.39 is 0 Å². The summed E-state index contributed by atoms with van der Waals surface area (Å²) in [6.45, 7) is 1.99. The van der Waals surface area contributed by atoms with Gasteiger partial charge in [0.2, 0.25) is 5.91 Å². The van der Waals surface area contributed by atoms with Gasteiger partial charge >= 0.3 is 0 Å². The number of benzene rings is 3. The SMILES string of the molecule is C[C@H](Cc1ccccc1)NC(=O)C[C@H](c1ccccc1)c1ccc(Cl)c(Cl)c1O. The molecule has 0 spiro atoms. The van der Waals surface area contributed by atoms with Crippen LogP contribution in [0.4, 0.5) is 0 Å². The number of carbonyl (C=O) groups is 1. The van der Waals surface area contributed by atoms with Crippen LogP contribution in [0.15, 0.2) is 72.8 Å². The molecule has 0 aromatic heterocycles. The summed E-state index contributed by atoms with van der Waals surface area (Å²) in [5.41, 5.74) is 2.67. The van der Waals surface area contributed by atoms with E-state index in [0.29, 0.717) is 5.56 Å². The van der Waals surface area contributed by atoms with Gasteiger partial charge in [-0.2, -0.15) is 0 Å². The maximum Gasteiger partial charge on any atom is 0.221 e. The summed E-state index contributed by atoms with van der Waals surface area (Å²) in [4.78, 5) is 12.8. The zero-order valence-electron chi connectivity index (χ0n) is 16.1. The number of halogens is 2. The second-order valence-electron chi connectivity index (χ2n) is 7.12. The van der Waals surface area contributed by atoms with Crippen molar-refractivity contribution in [3.8, 4) is 5.75 Å². The summed E-state index contributed by atoms with van der Waals surface area (Å²) >= 11 is 12.2. The standard InChI is InChI=1S/C24H23Cl2NO2/c1-16(14-17-8-4-2-5-9-17)27-22(28)15-20(18-10-6-3-7-11-18)19-12-13-21(25)23(26)24(19)29/h2-13,16,20,29H,14-15H2,1H3,(H,27,28)/t16-,20-/m1/s1. The number of aromatic hydroxyl groups is 1. The fraction of sp³-hybridized carbons (Fsp3) is 0.208. The molecule has 3 nitrogen and oxygen atoms in total. The third-order valence-electron chi connectivity index (χ3n) is 4.86. The molecule has 150 valence electrons. The second-order valence-corrected chi connectivity index (χ2v) is 7.91. The molecule has 0 aliphatic heterocycles. The number of hydrogen-bond acceptors (Lipinski definition) is 2. The molecule has 0 fully saturated rings. The summed E-state index contributed by atoms with van der Waals surface area (Å²) in [5.74, 6) is -0.513. The van der Waals surface area contributed by atoms with E-state index in [1.807, 2.05) is 67.6 Å². The summed E-state index contributed by atoms with van der Waals surface area (Å²) in [6, 6.07) is 23.0. The van der Waals surface area contributed by atoms with E-state index in [-0.39, 0.29) is 40.1 Å². The molecule has 1 amide bonds. The molecule has 0 unspecified atom stereocenters. The minimum atomic E-state index is -0.338. The monoisotopic (exact) mass is 427 g/mol. The predicted octanol–water partition coefficient (Wildman–Crippen LogP) is 5.97. The van der Waals surface area contributed by atoms with Crippen LogP contribution in [0.25, 0.3) is 0 Å². The molecule has 0 aliphatic carbocycles. The fourth-order valence-corrected chi connectivity index (χ4v) is 3.79. The Hall–Kier alpha value is -2.49. The normalized spacial score (nSPS) is 12.9. The summed E-state index contributed by atoms with van der Waals surface area (Å²) < 4.78 is 0. The molecule has 3 aromatic rings. The van der Waals surface area contributed by atoms with E-state index in [9.17, 15) is 9.90 Å². The van der Waals surface area contributed by atoms with Gasteiger partial charge in [0.05, 0.1) is 5.02 Å². The average molecular weight is 428 g/mol. The Morgan fingerprint density at radius 1 is 0.966 bits per heavy atom. The molecule has 5 heteroatoms. The highest BCUT2D eigenvalue weighted by Crippen LogP contribution is 2.41. The number of hydrogen-bond donors (Lipinski definition) is 2. The lowest BCUT2D eigenvalue weighted by atomic mass is 9.87. The number of phenols is 1. The van der Waals surface area contributed by atoms with Crippen molar-refractivity contribution in [1.82, 2.24) is 5.32 Å². The van der Waals surface area contributed by atoms with Crippen LogP contribution < -0.4 is 5.32 Å². The molecule has 0 heterocycles. The number of rotatable bonds is 7. The van der Waals surface area contributed by atoms with Gasteiger partial charge in [0, 0.05) is 23.9 Å². The first-order valence-electron chi connectivity index (χ1n) is 9.50. The Morgan fingerprint density at radius 2 is 1.59 bits per heavy atom. The molecule has 0 aliphatic rings. The van der Waals surface area contributed by atoms with Crippen molar-refractivity contribution in [2.75, 3.05) is 0 Å². The van der Waals surface area contributed by atoms with E-state index in [0.717, 1.165) is 12.0 Å². The van der Waals surface area contributed by atoms with E-state index in [2.05, 4.69) is 5.32 Å². The van der Waals surface area contributed by atoms with Gasteiger partial charge in [-0.3, -0.25) is 4.79 Å². The molecule has 0 radical (unpaired) electrons. The van der Waals surface area contributed by atoms with Crippen LogP contribution in [0.3, 0.4) is 0 Å². The van der Waals surface area contributed by atoms with Gasteiger partial charge in [-0.05, 0) is 30.5 Å². The Bertz CT molecular complexity index is 961. The number of nitrogens with one attached hydrogen (secondary N) is 1. The van der Waals surface area contributed by atoms with E-state index in [4.69, 9.17) is 23.2 Å². The van der Waals surface area contributed by atoms with Gasteiger partial charge in [-0.15, -0.1) is 0 Å². The summed E-state index contributed by atoms with van der Waals surface area (Å²) in [5, 5.41) is 14.0. The van der Waals surface area contributed by atoms with Crippen LogP contribution in [0.5, 0.6) is 5.75 Å². The van der Waals surface area contributed by atoms with E-state index >= 15 is 0 Å². The smallest absolute Gasteiger partial charge is 0.221 e. The van der Waals surface area contributed by atoms with Gasteiger partial charge in [0.15, 0.2) is 0 Å². The van der Waals surface area contributed by atoms with Gasteiger partial charge in [0.25, 0.3) is 0 Å². The summed E-state index contributed by atoms with van der Waals surface area (Å²) in [6.07, 6.45) is 0.940. The highest BCUT2D eigenvalue weighted by molar-refractivity contribution is 6.43. The van der Waals surface area contributed by atoms with Crippen molar-refractivity contribution < 1.29 is 9.90 Å². The molecule has 0 saturated carbocycles. The molecule has 2 atom stereocenters. The van der Waals surface area contributed by atoms with Crippen LogP contribution in [-0.4, -0.2) is 17.1 Å². The maximum atomic E-state index is 12.8. The zero-order valence-corrected chi connectivity index (χ0v) is 17.6. The molecule has 29 heavy (non-hydrogen) atoms. The minimum absolute atomic E-state index is 0.0104. The highest BCUT2D eigenvalue weighted by atomic mass is 35.5. The van der Waals surface area contributed by atoms with Gasteiger partial charge in [-0.25, -0.2) is 0 Å². The molecule has 0 saturated heterocycles. The molecule has 0 bridgehead atoms. The molecule has 2 N–H and O–H groups in total. The largest absolute Gasteiger partial charge is 0.506 e. The fourth-order valence-electron chi connectivity index (χ4n) is 3.47.